The van der Waals surface area contributed by atoms with Crippen molar-refractivity contribution in [1.29, 1.82) is 0 Å². The largest absolute Gasteiger partial charge is 0.472 e. The van der Waals surface area contributed by atoms with E-state index in [1.807, 2.05) is 27.2 Å². The van der Waals surface area contributed by atoms with Crippen LogP contribution in [-0.4, -0.2) is 73.4 Å². The van der Waals surface area contributed by atoms with Crippen molar-refractivity contribution in [3.8, 4) is 0 Å². The summed E-state index contributed by atoms with van der Waals surface area (Å²) in [5, 5.41) is 14.0. The minimum absolute atomic E-state index is 0.0576. The summed E-state index contributed by atoms with van der Waals surface area (Å²) in [5.74, 6) is -0.180. The SMILES string of the molecule is CCCCCCCCCCCCCC/C=C\CCCCCCCCCCCCCCCCCC(=O)NC(COP(=O)(O)OCC[N+](C)(C)C)C(O)/C=C/CC/C=C/CCCCCCCCCCCCCCCCCCCCC. The molecule has 0 saturated carbocycles. The number of carbonyl (C=O) groups is 1. The van der Waals surface area contributed by atoms with E-state index in [9.17, 15) is 19.4 Å². The second-order valence-electron chi connectivity index (χ2n) is 24.9. The van der Waals surface area contributed by atoms with Crippen molar-refractivity contribution in [2.24, 2.45) is 0 Å². The van der Waals surface area contributed by atoms with Gasteiger partial charge in [-0.1, -0.05) is 320 Å². The average molecular weight is 1120 g/mol. The van der Waals surface area contributed by atoms with Crippen molar-refractivity contribution in [1.82, 2.24) is 5.32 Å². The van der Waals surface area contributed by atoms with E-state index in [4.69, 9.17) is 9.05 Å². The Balaban J connectivity index is 4.09. The highest BCUT2D eigenvalue weighted by molar-refractivity contribution is 7.47. The Morgan fingerprint density at radius 2 is 0.705 bits per heavy atom. The third-order valence-electron chi connectivity index (χ3n) is 15.8. The maximum atomic E-state index is 13.0. The van der Waals surface area contributed by atoms with Gasteiger partial charge in [0.05, 0.1) is 39.9 Å². The Morgan fingerprint density at radius 3 is 1.03 bits per heavy atom. The zero-order chi connectivity index (χ0) is 57.0. The van der Waals surface area contributed by atoms with Crippen LogP contribution in [0.2, 0.25) is 0 Å². The Hall–Kier alpha value is -1.28. The van der Waals surface area contributed by atoms with Gasteiger partial charge in [0, 0.05) is 6.42 Å². The van der Waals surface area contributed by atoms with E-state index < -0.39 is 20.0 Å². The van der Waals surface area contributed by atoms with Gasteiger partial charge in [-0.2, -0.15) is 0 Å². The van der Waals surface area contributed by atoms with E-state index in [0.29, 0.717) is 17.4 Å². The first-order valence-corrected chi connectivity index (χ1v) is 35.9. The number of rotatable bonds is 64. The molecule has 0 aliphatic carbocycles. The summed E-state index contributed by atoms with van der Waals surface area (Å²) in [6.45, 7) is 4.85. The maximum absolute atomic E-state index is 13.0. The average Bonchev–Trinajstić information content (AvgIpc) is 3.41. The highest BCUT2D eigenvalue weighted by Crippen LogP contribution is 2.43. The second-order valence-corrected chi connectivity index (χ2v) is 26.4. The summed E-state index contributed by atoms with van der Waals surface area (Å²) in [4.78, 5) is 23.4. The minimum Gasteiger partial charge on any atom is -0.387 e. The smallest absolute Gasteiger partial charge is 0.387 e. The molecule has 9 heteroatoms. The molecule has 0 bridgehead atoms. The minimum atomic E-state index is -4.36. The van der Waals surface area contributed by atoms with Crippen molar-refractivity contribution in [3.63, 3.8) is 0 Å². The van der Waals surface area contributed by atoms with Crippen LogP contribution < -0.4 is 5.32 Å². The van der Waals surface area contributed by atoms with E-state index in [2.05, 4.69) is 43.5 Å². The number of unbranched alkanes of at least 4 members (excludes halogenated alkanes) is 47. The molecule has 78 heavy (non-hydrogen) atoms. The van der Waals surface area contributed by atoms with Crippen LogP contribution in [0.15, 0.2) is 36.5 Å². The molecule has 0 rings (SSSR count). The van der Waals surface area contributed by atoms with E-state index >= 15 is 0 Å². The van der Waals surface area contributed by atoms with E-state index in [0.717, 1.165) is 38.5 Å². The molecule has 0 saturated heterocycles. The van der Waals surface area contributed by atoms with Crippen molar-refractivity contribution in [2.75, 3.05) is 40.9 Å². The van der Waals surface area contributed by atoms with Crippen LogP contribution in [0.4, 0.5) is 0 Å². The van der Waals surface area contributed by atoms with Crippen molar-refractivity contribution in [2.45, 2.75) is 360 Å². The number of hydrogen-bond acceptors (Lipinski definition) is 5. The molecule has 3 unspecified atom stereocenters. The van der Waals surface area contributed by atoms with Gasteiger partial charge in [-0.3, -0.25) is 13.8 Å². The number of carbonyl (C=O) groups excluding carboxylic acids is 1. The van der Waals surface area contributed by atoms with E-state index in [1.54, 1.807) is 6.08 Å². The first-order valence-electron chi connectivity index (χ1n) is 34.4. The Morgan fingerprint density at radius 1 is 0.423 bits per heavy atom. The van der Waals surface area contributed by atoms with Gasteiger partial charge < -0.3 is 19.8 Å². The number of likely N-dealkylation sites (N-methyl/N-ethyl adjacent to an activating group) is 1. The molecule has 0 fully saturated rings. The Labute approximate surface area is 487 Å². The van der Waals surface area contributed by atoms with Gasteiger partial charge in [-0.15, -0.1) is 0 Å². The molecule has 1 amide bonds. The molecule has 0 spiro atoms. The highest BCUT2D eigenvalue weighted by atomic mass is 31.2. The molecule has 0 heterocycles. The molecular formula is C69H136N2O6P+. The van der Waals surface area contributed by atoms with Crippen LogP contribution in [-0.2, 0) is 18.4 Å². The van der Waals surface area contributed by atoms with Crippen LogP contribution in [0.5, 0.6) is 0 Å². The van der Waals surface area contributed by atoms with Gasteiger partial charge in [-0.05, 0) is 57.8 Å². The predicted octanol–water partition coefficient (Wildman–Crippen LogP) is 21.7. The fourth-order valence-electron chi connectivity index (χ4n) is 10.5. The number of aliphatic hydroxyl groups excluding tert-OH is 1. The number of nitrogens with zero attached hydrogens (tertiary/aromatic N) is 1. The van der Waals surface area contributed by atoms with Gasteiger partial charge in [0.1, 0.15) is 13.2 Å². The quantitative estimate of drug-likeness (QED) is 0.0243. The van der Waals surface area contributed by atoms with Crippen LogP contribution in [0.3, 0.4) is 0 Å². The first-order chi connectivity index (χ1) is 38.0. The third kappa shape index (κ3) is 62.3. The molecule has 0 aromatic rings. The Kier molecular flexibility index (Phi) is 59.3. The number of phosphoric acid groups is 1. The topological polar surface area (TPSA) is 105 Å². The molecule has 0 aromatic carbocycles. The molecular weight excluding hydrogens is 984 g/mol. The number of nitrogens with one attached hydrogen (secondary N) is 1. The Bertz CT molecular complexity index is 1360. The summed E-state index contributed by atoms with van der Waals surface area (Å²) < 4.78 is 23.8. The van der Waals surface area contributed by atoms with Crippen LogP contribution in [0.25, 0.3) is 0 Å². The predicted molar refractivity (Wildman–Crippen MR) is 341 cm³/mol. The van der Waals surface area contributed by atoms with Gasteiger partial charge in [0.2, 0.25) is 5.91 Å². The van der Waals surface area contributed by atoms with Gasteiger partial charge >= 0.3 is 7.82 Å². The molecule has 0 aliphatic heterocycles. The lowest BCUT2D eigenvalue weighted by Crippen LogP contribution is -2.45. The zero-order valence-electron chi connectivity index (χ0n) is 52.9. The maximum Gasteiger partial charge on any atom is 0.472 e. The van der Waals surface area contributed by atoms with Crippen molar-refractivity contribution >= 4 is 13.7 Å². The highest BCUT2D eigenvalue weighted by Gasteiger charge is 2.28. The fourth-order valence-corrected chi connectivity index (χ4v) is 11.2. The zero-order valence-corrected chi connectivity index (χ0v) is 53.8. The number of amides is 1. The van der Waals surface area contributed by atoms with Gasteiger partial charge in [-0.25, -0.2) is 4.57 Å². The van der Waals surface area contributed by atoms with E-state index in [1.165, 1.54) is 289 Å². The number of allylic oxidation sites excluding steroid dienone is 5. The summed E-state index contributed by atoms with van der Waals surface area (Å²) in [6, 6.07) is -0.864. The molecule has 3 N–H and O–H groups in total. The molecule has 462 valence electrons. The van der Waals surface area contributed by atoms with Gasteiger partial charge in [0.15, 0.2) is 0 Å². The van der Waals surface area contributed by atoms with Crippen LogP contribution >= 0.6 is 7.82 Å². The van der Waals surface area contributed by atoms with Gasteiger partial charge in [0.25, 0.3) is 0 Å². The summed E-state index contributed by atoms with van der Waals surface area (Å²) in [5.41, 5.74) is 0. The second kappa shape index (κ2) is 60.3. The third-order valence-corrected chi connectivity index (χ3v) is 16.8. The summed E-state index contributed by atoms with van der Waals surface area (Å²) >= 11 is 0. The summed E-state index contributed by atoms with van der Waals surface area (Å²) in [7, 11) is 1.57. The van der Waals surface area contributed by atoms with E-state index in [-0.39, 0.29) is 19.1 Å². The first kappa shape index (κ1) is 76.7. The molecule has 0 aliphatic rings. The lowest BCUT2D eigenvalue weighted by Gasteiger charge is -2.25. The molecule has 8 nitrogen and oxygen atoms in total. The van der Waals surface area contributed by atoms with Crippen molar-refractivity contribution < 1.29 is 32.9 Å². The number of phosphoric ester groups is 1. The van der Waals surface area contributed by atoms with Crippen LogP contribution in [0.1, 0.15) is 348 Å². The monoisotopic (exact) mass is 1120 g/mol. The normalized spacial score (nSPS) is 13.9. The lowest BCUT2D eigenvalue weighted by molar-refractivity contribution is -0.870. The lowest BCUT2D eigenvalue weighted by atomic mass is 10.0. The molecule has 0 radical (unpaired) electrons. The van der Waals surface area contributed by atoms with Crippen molar-refractivity contribution in [3.05, 3.63) is 36.5 Å². The summed E-state index contributed by atoms with van der Waals surface area (Å²) in [6.07, 6.45) is 80.1. The van der Waals surface area contributed by atoms with Crippen LogP contribution in [0, 0.1) is 0 Å². The fraction of sp³-hybridized carbons (Fsp3) is 0.899. The molecule has 3 atom stereocenters. The number of quaternary nitrogens is 1. The molecule has 0 aromatic heterocycles. The number of hydrogen-bond donors (Lipinski definition) is 3. The standard InChI is InChI=1S/C69H135N2O6P/c1-6-8-10-12-14-16-18-20-22-24-26-28-30-32-33-34-35-36-37-39-41-43-45-47-49-51-53-55-57-59-61-63-69(73)70-67(66-77-78(74,75)76-65-64-71(3,4)5)68(72)62-60-58-56-54-52-50-48-46-44-42-40-38-31-29-27-25-23-21-19-17-15-13-11-9-7-2/h32-33,52,54,60,62,67-68,72H,6-31,34-51,53,55-59,61,63-66H2,1-5H3,(H-,70,73,74,75)/p+1/b33-32-,54-52+,62-60+. The number of aliphatic hydroxyl groups is 1.